The molecule has 0 spiro atoms. The van der Waals surface area contributed by atoms with E-state index in [-0.39, 0.29) is 18.4 Å². The van der Waals surface area contributed by atoms with Gasteiger partial charge in [-0.05, 0) is 37.3 Å². The summed E-state index contributed by atoms with van der Waals surface area (Å²) in [6, 6.07) is 4.72. The zero-order valence-electron chi connectivity index (χ0n) is 15.6. The number of hydrogen-bond donors (Lipinski definition) is 2. The van der Waals surface area contributed by atoms with Crippen LogP contribution in [0.4, 0.5) is 13.2 Å². The van der Waals surface area contributed by atoms with Gasteiger partial charge in [0.05, 0.1) is 5.56 Å². The Morgan fingerprint density at radius 1 is 1.25 bits per heavy atom. The summed E-state index contributed by atoms with van der Waals surface area (Å²) in [7, 11) is 0. The highest BCUT2D eigenvalue weighted by Gasteiger charge is 2.38. The summed E-state index contributed by atoms with van der Waals surface area (Å²) in [5, 5.41) is 5.60. The lowest BCUT2D eigenvalue weighted by Crippen LogP contribution is -2.51. The Bertz CT molecular complexity index is 715. The number of halogens is 3. The minimum Gasteiger partial charge on any atom is -0.381 e. The summed E-state index contributed by atoms with van der Waals surface area (Å²) in [4.78, 5) is 24.3. The monoisotopic (exact) mass is 398 g/mol. The van der Waals surface area contributed by atoms with Gasteiger partial charge in [-0.2, -0.15) is 13.2 Å². The van der Waals surface area contributed by atoms with Crippen molar-refractivity contribution in [2.45, 2.75) is 56.2 Å². The van der Waals surface area contributed by atoms with Gasteiger partial charge in [0.15, 0.2) is 0 Å². The first-order valence-electron chi connectivity index (χ1n) is 9.63. The molecule has 2 aliphatic rings. The summed E-state index contributed by atoms with van der Waals surface area (Å²) in [6.07, 6.45) is -0.870. The van der Waals surface area contributed by atoms with Gasteiger partial charge in [-0.3, -0.25) is 9.59 Å². The lowest BCUT2D eigenvalue weighted by Gasteiger charge is -2.38. The van der Waals surface area contributed by atoms with Crippen LogP contribution in [0.2, 0.25) is 0 Å². The lowest BCUT2D eigenvalue weighted by molar-refractivity contribution is -0.137. The third-order valence-electron chi connectivity index (χ3n) is 5.65. The van der Waals surface area contributed by atoms with Crippen molar-refractivity contribution in [2.24, 2.45) is 0 Å². The average molecular weight is 398 g/mol. The first-order valence-corrected chi connectivity index (χ1v) is 9.63. The maximum atomic E-state index is 13.2. The number of hydrogen-bond acceptors (Lipinski definition) is 3. The van der Waals surface area contributed by atoms with Crippen molar-refractivity contribution >= 4 is 11.8 Å². The lowest BCUT2D eigenvalue weighted by atomic mass is 9.73. The van der Waals surface area contributed by atoms with Crippen molar-refractivity contribution in [3.8, 4) is 0 Å². The number of benzene rings is 1. The molecule has 8 heteroatoms. The predicted molar refractivity (Wildman–Crippen MR) is 96.6 cm³/mol. The van der Waals surface area contributed by atoms with Gasteiger partial charge in [-0.1, -0.05) is 24.6 Å². The van der Waals surface area contributed by atoms with Gasteiger partial charge < -0.3 is 15.4 Å². The van der Waals surface area contributed by atoms with E-state index in [4.69, 9.17) is 4.74 Å². The van der Waals surface area contributed by atoms with Crippen molar-refractivity contribution in [3.63, 3.8) is 0 Å². The van der Waals surface area contributed by atoms with E-state index in [1.54, 1.807) is 6.07 Å². The Morgan fingerprint density at radius 2 is 2.00 bits per heavy atom. The molecule has 1 aromatic rings. The highest BCUT2D eigenvalue weighted by Crippen LogP contribution is 2.37. The normalized spacial score (nSPS) is 22.8. The standard InChI is InChI=1S/C20H25F3N2O3/c21-20(22,23)15-5-3-4-14(12-15)19(8-10-28-11-9-19)13-24-18(27)16-6-1-2-7-17(26)25-16/h3-5,12,16H,1-2,6-11,13H2,(H,24,27)(H,25,26). The number of alkyl halides is 3. The highest BCUT2D eigenvalue weighted by atomic mass is 19.4. The molecule has 2 N–H and O–H groups in total. The summed E-state index contributed by atoms with van der Waals surface area (Å²) in [6.45, 7) is 1.06. The third kappa shape index (κ3) is 4.84. The zero-order chi connectivity index (χ0) is 20.2. The van der Waals surface area contributed by atoms with Gasteiger partial charge >= 0.3 is 6.18 Å². The topological polar surface area (TPSA) is 67.4 Å². The molecule has 0 radical (unpaired) electrons. The molecule has 5 nitrogen and oxygen atoms in total. The van der Waals surface area contributed by atoms with Gasteiger partial charge in [0.25, 0.3) is 0 Å². The fourth-order valence-corrected chi connectivity index (χ4v) is 3.90. The van der Waals surface area contributed by atoms with E-state index in [2.05, 4.69) is 10.6 Å². The SMILES string of the molecule is O=C1CCCCC(C(=O)NCC2(c3cccc(C(F)(F)F)c3)CCOCC2)N1. The third-order valence-corrected chi connectivity index (χ3v) is 5.65. The second-order valence-corrected chi connectivity index (χ2v) is 7.55. The number of amides is 2. The van der Waals surface area contributed by atoms with Crippen LogP contribution >= 0.6 is 0 Å². The Balaban J connectivity index is 1.77. The molecular weight excluding hydrogens is 373 g/mol. The maximum Gasteiger partial charge on any atom is 0.416 e. The first kappa shape index (κ1) is 20.6. The molecule has 2 aliphatic heterocycles. The van der Waals surface area contributed by atoms with Crippen LogP contribution in [0.3, 0.4) is 0 Å². The molecule has 2 amide bonds. The van der Waals surface area contributed by atoms with Crippen LogP contribution in [0.1, 0.15) is 49.7 Å². The van der Waals surface area contributed by atoms with E-state index in [1.807, 2.05) is 0 Å². The molecule has 0 saturated carbocycles. The number of carbonyl (C=O) groups excluding carboxylic acids is 2. The Kier molecular flexibility index (Phi) is 6.27. The molecule has 2 saturated heterocycles. The molecule has 28 heavy (non-hydrogen) atoms. The molecule has 2 heterocycles. The predicted octanol–water partition coefficient (Wildman–Crippen LogP) is 2.93. The fraction of sp³-hybridized carbons (Fsp3) is 0.600. The van der Waals surface area contributed by atoms with Gasteiger partial charge in [0.1, 0.15) is 6.04 Å². The summed E-state index contributed by atoms with van der Waals surface area (Å²) < 4.78 is 44.9. The van der Waals surface area contributed by atoms with Gasteiger partial charge in [-0.15, -0.1) is 0 Å². The zero-order valence-corrected chi connectivity index (χ0v) is 15.6. The molecule has 0 aliphatic carbocycles. The van der Waals surface area contributed by atoms with E-state index < -0.39 is 23.2 Å². The number of rotatable bonds is 4. The van der Waals surface area contributed by atoms with Gasteiger partial charge in [0.2, 0.25) is 11.8 Å². The first-order chi connectivity index (χ1) is 13.3. The van der Waals surface area contributed by atoms with E-state index in [0.717, 1.165) is 18.9 Å². The van der Waals surface area contributed by atoms with Crippen LogP contribution in [0.25, 0.3) is 0 Å². The smallest absolute Gasteiger partial charge is 0.381 e. The van der Waals surface area contributed by atoms with Crippen LogP contribution in [0.5, 0.6) is 0 Å². The Morgan fingerprint density at radius 3 is 2.71 bits per heavy atom. The summed E-state index contributed by atoms with van der Waals surface area (Å²) in [5.41, 5.74) is -0.766. The number of ether oxygens (including phenoxy) is 1. The molecule has 154 valence electrons. The molecule has 3 rings (SSSR count). The van der Waals surface area contributed by atoms with Gasteiger partial charge in [0, 0.05) is 31.6 Å². The van der Waals surface area contributed by atoms with Crippen molar-refractivity contribution in [2.75, 3.05) is 19.8 Å². The summed E-state index contributed by atoms with van der Waals surface area (Å²) >= 11 is 0. The molecule has 2 fully saturated rings. The Hall–Kier alpha value is -2.09. The highest BCUT2D eigenvalue weighted by molar-refractivity contribution is 5.88. The van der Waals surface area contributed by atoms with Crippen LogP contribution in [-0.4, -0.2) is 37.6 Å². The average Bonchev–Trinajstić information content (AvgIpc) is 2.91. The molecule has 0 bridgehead atoms. The van der Waals surface area contributed by atoms with E-state index in [1.165, 1.54) is 12.1 Å². The number of carbonyl (C=O) groups is 2. The molecular formula is C20H25F3N2O3. The quantitative estimate of drug-likeness (QED) is 0.820. The second-order valence-electron chi connectivity index (χ2n) is 7.55. The molecule has 1 unspecified atom stereocenters. The Labute approximate surface area is 162 Å². The minimum atomic E-state index is -4.42. The van der Waals surface area contributed by atoms with Crippen molar-refractivity contribution in [1.82, 2.24) is 10.6 Å². The van der Waals surface area contributed by atoms with Crippen LogP contribution in [0, 0.1) is 0 Å². The minimum absolute atomic E-state index is 0.142. The molecule has 0 aromatic heterocycles. The van der Waals surface area contributed by atoms with Crippen LogP contribution in [0.15, 0.2) is 24.3 Å². The van der Waals surface area contributed by atoms with Crippen molar-refractivity contribution in [1.29, 1.82) is 0 Å². The van der Waals surface area contributed by atoms with E-state index >= 15 is 0 Å². The van der Waals surface area contributed by atoms with E-state index in [9.17, 15) is 22.8 Å². The van der Waals surface area contributed by atoms with Crippen LogP contribution < -0.4 is 10.6 Å². The van der Waals surface area contributed by atoms with Crippen LogP contribution in [-0.2, 0) is 25.9 Å². The number of nitrogens with one attached hydrogen (secondary N) is 2. The van der Waals surface area contributed by atoms with Gasteiger partial charge in [-0.25, -0.2) is 0 Å². The van der Waals surface area contributed by atoms with E-state index in [0.29, 0.717) is 44.5 Å². The van der Waals surface area contributed by atoms with Crippen molar-refractivity contribution < 1.29 is 27.5 Å². The second kappa shape index (κ2) is 8.51. The fourth-order valence-electron chi connectivity index (χ4n) is 3.90. The molecule has 1 aromatic carbocycles. The maximum absolute atomic E-state index is 13.2. The summed E-state index contributed by atoms with van der Waals surface area (Å²) in [5.74, 6) is -0.426. The molecule has 1 atom stereocenters. The van der Waals surface area contributed by atoms with Crippen molar-refractivity contribution in [3.05, 3.63) is 35.4 Å². The largest absolute Gasteiger partial charge is 0.416 e.